The van der Waals surface area contributed by atoms with E-state index >= 15 is 0 Å². The van der Waals surface area contributed by atoms with E-state index in [9.17, 15) is 24.0 Å². The maximum absolute atomic E-state index is 14.7. The first kappa shape index (κ1) is 53.2. The number of carbonyl (C=O) groups is 5. The summed E-state index contributed by atoms with van der Waals surface area (Å²) in [5.74, 6) is -1.64. The first-order valence-corrected chi connectivity index (χ1v) is 23.8. The van der Waals surface area contributed by atoms with Gasteiger partial charge in [-0.1, -0.05) is 91.6 Å². The van der Waals surface area contributed by atoms with Gasteiger partial charge in [-0.25, -0.2) is 15.2 Å². The van der Waals surface area contributed by atoms with Crippen LogP contribution in [0, 0.1) is 17.8 Å². The standard InChI is InChI=1S/C46H76N8O8S/c1-9-21-54(45(58)40(32(6)11-3)50-43(57)37-19-15-16-22-53(37)8)38(31(4)5)29-39(61-23-10-2)44-49-36(30-63-44)42(56)48-35(28-34-17-13-12-14-18-34)27-33(7)41(55)51-52-46(59)62-26-25-60-24-20-47/h12-14,17-18,30-33,35,37-40H,9-11,15-16,19-29,47H2,1-8H3,(H,48,56)(H,50,57)(H,51,55)(H,52,59)/t32-,33-,35+,37+,38+,39+,40-/m0/s1. The van der Waals surface area contributed by atoms with Gasteiger partial charge in [-0.2, -0.15) is 0 Å². The van der Waals surface area contributed by atoms with Crippen LogP contribution in [0.25, 0.3) is 0 Å². The minimum absolute atomic E-state index is 0.000138. The van der Waals surface area contributed by atoms with Crippen LogP contribution in [0.5, 0.6) is 0 Å². The number of rotatable bonds is 27. The number of piperidine rings is 1. The number of likely N-dealkylation sites (N-methyl/N-ethyl adjacent to an activating group) is 1. The summed E-state index contributed by atoms with van der Waals surface area (Å²) in [6, 6.07) is 8.05. The summed E-state index contributed by atoms with van der Waals surface area (Å²) in [5, 5.41) is 8.66. The van der Waals surface area contributed by atoms with Gasteiger partial charge in [0.15, 0.2) is 0 Å². The largest absolute Gasteiger partial charge is 0.446 e. The lowest BCUT2D eigenvalue weighted by atomic mass is 9.92. The van der Waals surface area contributed by atoms with Crippen LogP contribution in [0.2, 0.25) is 0 Å². The number of hydrazine groups is 1. The van der Waals surface area contributed by atoms with Gasteiger partial charge < -0.3 is 35.5 Å². The highest BCUT2D eigenvalue weighted by atomic mass is 32.1. The van der Waals surface area contributed by atoms with Gasteiger partial charge in [0.25, 0.3) is 5.91 Å². The monoisotopic (exact) mass is 901 g/mol. The predicted molar refractivity (Wildman–Crippen MR) is 246 cm³/mol. The second kappa shape index (κ2) is 28.6. The minimum Gasteiger partial charge on any atom is -0.446 e. The molecule has 0 aliphatic carbocycles. The van der Waals surface area contributed by atoms with Crippen LogP contribution in [-0.2, 0) is 35.0 Å². The molecule has 0 unspecified atom stereocenters. The van der Waals surface area contributed by atoms with Gasteiger partial charge in [-0.05, 0) is 69.5 Å². The summed E-state index contributed by atoms with van der Waals surface area (Å²) in [5.41, 5.74) is 11.2. The van der Waals surface area contributed by atoms with Crippen LogP contribution < -0.4 is 27.2 Å². The third-order valence-electron chi connectivity index (χ3n) is 11.5. The number of hydrogen-bond acceptors (Lipinski definition) is 12. The van der Waals surface area contributed by atoms with Crippen LogP contribution in [0.1, 0.15) is 127 Å². The van der Waals surface area contributed by atoms with E-state index in [1.165, 1.54) is 11.3 Å². The number of carbonyl (C=O) groups excluding carboxylic acids is 5. The zero-order valence-corrected chi connectivity index (χ0v) is 39.8. The SMILES string of the molecule is CCCO[C@H](C[C@H](C(C)C)N(CCC)C(=O)[C@@H](NC(=O)[C@H]1CCCCN1C)[C@@H](C)CC)c1nc(C(=O)N[C@@H](Cc2ccccc2)C[C@H](C)C(=O)NNC(=O)OCCOCCN)cs1. The van der Waals surface area contributed by atoms with Gasteiger partial charge in [0.05, 0.1) is 19.3 Å². The molecule has 3 rings (SSSR count). The Labute approximate surface area is 379 Å². The maximum Gasteiger partial charge on any atom is 0.426 e. The fourth-order valence-corrected chi connectivity index (χ4v) is 8.61. The molecule has 6 N–H and O–H groups in total. The summed E-state index contributed by atoms with van der Waals surface area (Å²) >= 11 is 1.34. The van der Waals surface area contributed by atoms with Crippen molar-refractivity contribution >= 4 is 41.1 Å². The summed E-state index contributed by atoms with van der Waals surface area (Å²) in [6.45, 7) is 16.8. The minimum atomic E-state index is -0.826. The van der Waals surface area contributed by atoms with Crippen LogP contribution in [0.3, 0.4) is 0 Å². The third kappa shape index (κ3) is 17.7. The van der Waals surface area contributed by atoms with Crippen molar-refractivity contribution in [3.05, 3.63) is 52.0 Å². The zero-order chi connectivity index (χ0) is 46.3. The maximum atomic E-state index is 14.7. The first-order chi connectivity index (χ1) is 30.2. The van der Waals surface area contributed by atoms with Crippen molar-refractivity contribution < 1.29 is 38.2 Å². The van der Waals surface area contributed by atoms with E-state index in [1.807, 2.05) is 63.1 Å². The molecule has 1 aliphatic rings. The van der Waals surface area contributed by atoms with Crippen molar-refractivity contribution in [3.8, 4) is 0 Å². The smallest absolute Gasteiger partial charge is 0.426 e. The van der Waals surface area contributed by atoms with Crippen molar-refractivity contribution in [1.29, 1.82) is 0 Å². The predicted octanol–water partition coefficient (Wildman–Crippen LogP) is 5.38. The molecular weight excluding hydrogens is 825 g/mol. The number of amides is 5. The number of likely N-dealkylation sites (tertiary alicyclic amines) is 1. The lowest BCUT2D eigenvalue weighted by Gasteiger charge is -2.40. The molecule has 2 heterocycles. The molecule has 0 spiro atoms. The average molecular weight is 901 g/mol. The Hall–Kier alpha value is -4.16. The molecule has 1 aromatic heterocycles. The Balaban J connectivity index is 1.79. The molecule has 63 heavy (non-hydrogen) atoms. The average Bonchev–Trinajstić information content (AvgIpc) is 3.77. The Kier molecular flexibility index (Phi) is 24.1. The topological polar surface area (TPSA) is 207 Å². The molecule has 7 atom stereocenters. The molecular formula is C46H76N8O8S. The fraction of sp³-hybridized carbons (Fsp3) is 0.696. The first-order valence-electron chi connectivity index (χ1n) is 23.0. The quantitative estimate of drug-likeness (QED) is 0.0569. The molecule has 354 valence electrons. The van der Waals surface area contributed by atoms with Crippen LogP contribution in [-0.4, -0.2) is 122 Å². The summed E-state index contributed by atoms with van der Waals surface area (Å²) in [7, 11) is 1.98. The molecule has 1 aromatic carbocycles. The Bertz CT molecular complexity index is 1680. The normalized spacial score (nSPS) is 17.1. The van der Waals surface area contributed by atoms with Crippen LogP contribution >= 0.6 is 11.3 Å². The summed E-state index contributed by atoms with van der Waals surface area (Å²) in [6.07, 6.45) is 4.91. The van der Waals surface area contributed by atoms with Crippen molar-refractivity contribution in [2.45, 2.75) is 137 Å². The summed E-state index contributed by atoms with van der Waals surface area (Å²) < 4.78 is 16.7. The molecule has 1 aliphatic heterocycles. The fourth-order valence-electron chi connectivity index (χ4n) is 7.75. The molecule has 5 amide bonds. The van der Waals surface area contributed by atoms with Gasteiger partial charge >= 0.3 is 6.09 Å². The second-order valence-electron chi connectivity index (χ2n) is 17.0. The molecule has 16 nitrogen and oxygen atoms in total. The van der Waals surface area contributed by atoms with Crippen molar-refractivity contribution in [2.24, 2.45) is 23.5 Å². The number of benzene rings is 1. The highest BCUT2D eigenvalue weighted by Gasteiger charge is 2.38. The Morgan fingerprint density at radius 2 is 1.68 bits per heavy atom. The van der Waals surface area contributed by atoms with E-state index in [0.29, 0.717) is 44.2 Å². The van der Waals surface area contributed by atoms with E-state index in [-0.39, 0.29) is 61.1 Å². The van der Waals surface area contributed by atoms with E-state index in [4.69, 9.17) is 24.9 Å². The van der Waals surface area contributed by atoms with Crippen LogP contribution in [0.4, 0.5) is 4.79 Å². The van der Waals surface area contributed by atoms with Gasteiger partial charge in [0, 0.05) is 49.5 Å². The number of hydrogen-bond donors (Lipinski definition) is 5. The van der Waals surface area contributed by atoms with Gasteiger partial charge in [0.1, 0.15) is 29.5 Å². The molecule has 17 heteroatoms. The molecule has 2 aromatic rings. The van der Waals surface area contributed by atoms with E-state index < -0.39 is 42.0 Å². The molecule has 1 fully saturated rings. The molecule has 0 radical (unpaired) electrons. The highest BCUT2D eigenvalue weighted by molar-refractivity contribution is 7.09. The molecule has 0 bridgehead atoms. The zero-order valence-electron chi connectivity index (χ0n) is 39.0. The van der Waals surface area contributed by atoms with E-state index in [0.717, 1.165) is 50.6 Å². The van der Waals surface area contributed by atoms with E-state index in [1.54, 1.807) is 12.3 Å². The number of thiazole rings is 1. The Morgan fingerprint density at radius 1 is 0.937 bits per heavy atom. The van der Waals surface area contributed by atoms with Crippen molar-refractivity contribution in [3.63, 3.8) is 0 Å². The highest BCUT2D eigenvalue weighted by Crippen LogP contribution is 2.32. The number of nitrogens with zero attached hydrogens (tertiary/aromatic N) is 3. The molecule has 0 saturated carbocycles. The number of nitrogens with one attached hydrogen (secondary N) is 4. The number of aromatic nitrogens is 1. The third-order valence-corrected chi connectivity index (χ3v) is 12.5. The van der Waals surface area contributed by atoms with Crippen molar-refractivity contribution in [1.82, 2.24) is 36.3 Å². The van der Waals surface area contributed by atoms with Crippen LogP contribution in [0.15, 0.2) is 35.7 Å². The lowest BCUT2D eigenvalue weighted by Crippen LogP contribution is -2.58. The van der Waals surface area contributed by atoms with Crippen molar-refractivity contribution in [2.75, 3.05) is 53.1 Å². The summed E-state index contributed by atoms with van der Waals surface area (Å²) in [4.78, 5) is 76.3. The lowest BCUT2D eigenvalue weighted by molar-refractivity contribution is -0.143. The number of nitrogens with two attached hydrogens (primary N) is 1. The van der Waals surface area contributed by atoms with Gasteiger partial charge in [-0.3, -0.25) is 29.5 Å². The van der Waals surface area contributed by atoms with Gasteiger partial charge in [0.2, 0.25) is 17.7 Å². The molecule has 1 saturated heterocycles. The second-order valence-corrected chi connectivity index (χ2v) is 17.9. The van der Waals surface area contributed by atoms with E-state index in [2.05, 4.69) is 47.2 Å². The Morgan fingerprint density at radius 3 is 2.33 bits per heavy atom. The number of ether oxygens (including phenoxy) is 3. The van der Waals surface area contributed by atoms with Gasteiger partial charge in [-0.15, -0.1) is 11.3 Å².